The molecule has 2 N–H and O–H groups in total. The number of hydrogen-bond donors (Lipinski definition) is 1. The van der Waals surface area contributed by atoms with E-state index >= 15 is 0 Å². The van der Waals surface area contributed by atoms with Gasteiger partial charge in [-0.2, -0.15) is 0 Å². The third-order valence-corrected chi connectivity index (χ3v) is 3.65. The number of nitrogens with two attached hydrogens (primary N) is 1. The summed E-state index contributed by atoms with van der Waals surface area (Å²) in [5.41, 5.74) is 7.88. The molecule has 22 heavy (non-hydrogen) atoms. The number of ether oxygens (including phenoxy) is 1. The lowest BCUT2D eigenvalue weighted by Gasteiger charge is -2.08. The molecule has 0 radical (unpaired) electrons. The Kier molecular flexibility index (Phi) is 6.90. The van der Waals surface area contributed by atoms with Gasteiger partial charge in [-0.15, -0.1) is 5.10 Å². The third kappa shape index (κ3) is 4.84. The number of aryl methyl sites for hydroxylation is 1. The van der Waals surface area contributed by atoms with Crippen LogP contribution >= 0.6 is 0 Å². The standard InChI is InChI=1S/C17H26N4O/c1-2-3-11-17-16(14-18)19-20-21(17)12-7-8-13-22-15-9-5-4-6-10-15/h4-6,9-10H,2-3,7-8,11-14,18H2,1H3. The van der Waals surface area contributed by atoms with Crippen LogP contribution < -0.4 is 10.5 Å². The van der Waals surface area contributed by atoms with E-state index < -0.39 is 0 Å². The van der Waals surface area contributed by atoms with Crippen LogP contribution in [0.4, 0.5) is 0 Å². The summed E-state index contributed by atoms with van der Waals surface area (Å²) < 4.78 is 7.71. The molecule has 1 aromatic carbocycles. The molecule has 0 aliphatic carbocycles. The van der Waals surface area contributed by atoms with Crippen LogP contribution in [0.5, 0.6) is 5.75 Å². The van der Waals surface area contributed by atoms with Crippen molar-refractivity contribution >= 4 is 0 Å². The second-order valence-electron chi connectivity index (χ2n) is 5.38. The molecule has 5 heteroatoms. The van der Waals surface area contributed by atoms with Gasteiger partial charge in [-0.1, -0.05) is 36.8 Å². The van der Waals surface area contributed by atoms with Gasteiger partial charge in [0.15, 0.2) is 0 Å². The van der Waals surface area contributed by atoms with E-state index in [2.05, 4.69) is 17.2 Å². The zero-order valence-corrected chi connectivity index (χ0v) is 13.4. The highest BCUT2D eigenvalue weighted by Gasteiger charge is 2.10. The van der Waals surface area contributed by atoms with Gasteiger partial charge in [0, 0.05) is 13.1 Å². The molecule has 0 amide bonds. The smallest absolute Gasteiger partial charge is 0.119 e. The summed E-state index contributed by atoms with van der Waals surface area (Å²) >= 11 is 0. The SMILES string of the molecule is CCCCc1c(CN)nnn1CCCCOc1ccccc1. The lowest BCUT2D eigenvalue weighted by molar-refractivity contribution is 0.301. The second-order valence-corrected chi connectivity index (χ2v) is 5.38. The van der Waals surface area contributed by atoms with Gasteiger partial charge in [-0.25, -0.2) is 4.68 Å². The molecular formula is C17H26N4O. The molecule has 2 rings (SSSR count). The maximum Gasteiger partial charge on any atom is 0.119 e. The number of hydrogen-bond acceptors (Lipinski definition) is 4. The van der Waals surface area contributed by atoms with E-state index in [0.717, 1.165) is 50.3 Å². The van der Waals surface area contributed by atoms with Crippen LogP contribution in [0.25, 0.3) is 0 Å². The first-order chi connectivity index (χ1) is 10.8. The molecule has 1 heterocycles. The van der Waals surface area contributed by atoms with E-state index in [-0.39, 0.29) is 0 Å². The first-order valence-corrected chi connectivity index (χ1v) is 8.14. The van der Waals surface area contributed by atoms with Crippen molar-refractivity contribution in [3.63, 3.8) is 0 Å². The Balaban J connectivity index is 1.75. The highest BCUT2D eigenvalue weighted by atomic mass is 16.5. The average Bonchev–Trinajstić information content (AvgIpc) is 2.95. The lowest BCUT2D eigenvalue weighted by atomic mass is 10.1. The maximum atomic E-state index is 5.74. The summed E-state index contributed by atoms with van der Waals surface area (Å²) in [6, 6.07) is 9.92. The van der Waals surface area contributed by atoms with E-state index in [1.165, 1.54) is 12.1 Å². The number of rotatable bonds is 10. The van der Waals surface area contributed by atoms with E-state index in [9.17, 15) is 0 Å². The number of para-hydroxylation sites is 1. The topological polar surface area (TPSA) is 66.0 Å². The van der Waals surface area contributed by atoms with Crippen molar-refractivity contribution in [3.05, 3.63) is 41.7 Å². The highest BCUT2D eigenvalue weighted by molar-refractivity contribution is 5.20. The van der Waals surface area contributed by atoms with Crippen LogP contribution in [0, 0.1) is 0 Å². The zero-order valence-electron chi connectivity index (χ0n) is 13.4. The predicted molar refractivity (Wildman–Crippen MR) is 87.7 cm³/mol. The summed E-state index contributed by atoms with van der Waals surface area (Å²) in [5.74, 6) is 0.928. The van der Waals surface area contributed by atoms with E-state index in [4.69, 9.17) is 10.5 Å². The van der Waals surface area contributed by atoms with Gasteiger partial charge in [-0.3, -0.25) is 0 Å². The van der Waals surface area contributed by atoms with Gasteiger partial charge in [0.05, 0.1) is 18.0 Å². The van der Waals surface area contributed by atoms with Crippen LogP contribution in [-0.4, -0.2) is 21.6 Å². The highest BCUT2D eigenvalue weighted by Crippen LogP contribution is 2.12. The van der Waals surface area contributed by atoms with Gasteiger partial charge in [0.2, 0.25) is 0 Å². The molecule has 0 aliphatic heterocycles. The summed E-state index contributed by atoms with van der Waals surface area (Å²) in [7, 11) is 0. The summed E-state index contributed by atoms with van der Waals surface area (Å²) in [6.07, 6.45) is 5.35. The van der Waals surface area contributed by atoms with Crippen molar-refractivity contribution in [3.8, 4) is 5.75 Å². The van der Waals surface area contributed by atoms with Gasteiger partial charge in [0.25, 0.3) is 0 Å². The molecule has 0 aliphatic rings. The van der Waals surface area contributed by atoms with Crippen LogP contribution in [0.15, 0.2) is 30.3 Å². The molecule has 0 saturated carbocycles. The normalized spacial score (nSPS) is 10.8. The molecule has 0 bridgehead atoms. The van der Waals surface area contributed by atoms with Crippen molar-refractivity contribution < 1.29 is 4.74 Å². The first kappa shape index (κ1) is 16.5. The van der Waals surface area contributed by atoms with E-state index in [1.807, 2.05) is 35.0 Å². The van der Waals surface area contributed by atoms with Crippen LogP contribution in [0.1, 0.15) is 44.0 Å². The van der Waals surface area contributed by atoms with Crippen LogP contribution in [0.2, 0.25) is 0 Å². The minimum absolute atomic E-state index is 0.468. The molecule has 0 atom stereocenters. The Morgan fingerprint density at radius 3 is 2.68 bits per heavy atom. The van der Waals surface area contributed by atoms with Crippen molar-refractivity contribution in [2.75, 3.05) is 6.61 Å². The summed E-state index contributed by atoms with van der Waals surface area (Å²) in [4.78, 5) is 0. The quantitative estimate of drug-likeness (QED) is 0.685. The van der Waals surface area contributed by atoms with E-state index in [1.54, 1.807) is 0 Å². The van der Waals surface area contributed by atoms with Crippen molar-refractivity contribution in [1.82, 2.24) is 15.0 Å². The third-order valence-electron chi connectivity index (χ3n) is 3.65. The molecule has 0 spiro atoms. The van der Waals surface area contributed by atoms with Crippen LogP contribution in [-0.2, 0) is 19.5 Å². The molecule has 5 nitrogen and oxygen atoms in total. The molecule has 0 unspecified atom stereocenters. The minimum atomic E-state index is 0.468. The van der Waals surface area contributed by atoms with Crippen molar-refractivity contribution in [2.24, 2.45) is 5.73 Å². The van der Waals surface area contributed by atoms with Gasteiger partial charge < -0.3 is 10.5 Å². The maximum absolute atomic E-state index is 5.74. The van der Waals surface area contributed by atoms with Gasteiger partial charge in [-0.05, 0) is 37.8 Å². The fraction of sp³-hybridized carbons (Fsp3) is 0.529. The molecular weight excluding hydrogens is 276 g/mol. The Bertz CT molecular complexity index is 539. The number of aromatic nitrogens is 3. The fourth-order valence-corrected chi connectivity index (χ4v) is 2.39. The van der Waals surface area contributed by atoms with Crippen molar-refractivity contribution in [1.29, 1.82) is 0 Å². The monoisotopic (exact) mass is 302 g/mol. The van der Waals surface area contributed by atoms with Crippen molar-refractivity contribution in [2.45, 2.75) is 52.1 Å². The number of nitrogens with zero attached hydrogens (tertiary/aromatic N) is 3. The van der Waals surface area contributed by atoms with Gasteiger partial charge >= 0.3 is 0 Å². The Labute approximate surface area is 132 Å². The fourth-order valence-electron chi connectivity index (χ4n) is 2.39. The Morgan fingerprint density at radius 1 is 1.14 bits per heavy atom. The predicted octanol–water partition coefficient (Wildman–Crippen LogP) is 2.94. The Hall–Kier alpha value is -1.88. The van der Waals surface area contributed by atoms with Gasteiger partial charge in [0.1, 0.15) is 5.75 Å². The van der Waals surface area contributed by atoms with E-state index in [0.29, 0.717) is 6.54 Å². The molecule has 120 valence electrons. The molecule has 0 saturated heterocycles. The summed E-state index contributed by atoms with van der Waals surface area (Å²) in [6.45, 7) is 4.27. The Morgan fingerprint density at radius 2 is 1.95 bits per heavy atom. The second kappa shape index (κ2) is 9.20. The minimum Gasteiger partial charge on any atom is -0.494 e. The summed E-state index contributed by atoms with van der Waals surface area (Å²) in [5, 5.41) is 8.43. The lowest BCUT2D eigenvalue weighted by Crippen LogP contribution is -2.09. The number of benzene rings is 1. The average molecular weight is 302 g/mol. The molecule has 1 aromatic heterocycles. The molecule has 0 fully saturated rings. The first-order valence-electron chi connectivity index (χ1n) is 8.14. The molecule has 2 aromatic rings. The van der Waals surface area contributed by atoms with Crippen LogP contribution in [0.3, 0.4) is 0 Å². The largest absolute Gasteiger partial charge is 0.494 e. The number of unbranched alkanes of at least 4 members (excludes halogenated alkanes) is 2. The zero-order chi connectivity index (χ0) is 15.6.